The Kier molecular flexibility index (Phi) is 3.61. The quantitative estimate of drug-likeness (QED) is 0.819. The lowest BCUT2D eigenvalue weighted by molar-refractivity contribution is 0.380. The molecule has 90 valence electrons. The van der Waals surface area contributed by atoms with Gasteiger partial charge in [-0.1, -0.05) is 0 Å². The molecule has 0 aromatic carbocycles. The van der Waals surface area contributed by atoms with Crippen molar-refractivity contribution >= 4 is 0 Å². The van der Waals surface area contributed by atoms with Gasteiger partial charge < -0.3 is 10.6 Å². The van der Waals surface area contributed by atoms with E-state index < -0.39 is 0 Å². The van der Waals surface area contributed by atoms with Gasteiger partial charge in [0.05, 0.1) is 17.9 Å². The molecule has 4 heteroatoms. The second-order valence-electron chi connectivity index (χ2n) is 4.83. The van der Waals surface area contributed by atoms with Crippen LogP contribution in [-0.2, 0) is 25.9 Å². The molecule has 4 nitrogen and oxygen atoms in total. The van der Waals surface area contributed by atoms with Gasteiger partial charge >= 0.3 is 0 Å². The number of hydrogen-bond acceptors (Lipinski definition) is 3. The summed E-state index contributed by atoms with van der Waals surface area (Å²) in [7, 11) is 4.21. The predicted molar refractivity (Wildman–Crippen MR) is 65.3 cm³/mol. The maximum absolute atomic E-state index is 5.64. The Balaban J connectivity index is 2.32. The first-order valence-corrected chi connectivity index (χ1v) is 6.14. The summed E-state index contributed by atoms with van der Waals surface area (Å²) in [6.07, 6.45) is 4.94. The van der Waals surface area contributed by atoms with Crippen LogP contribution in [0.15, 0.2) is 0 Å². The maximum atomic E-state index is 5.64. The summed E-state index contributed by atoms with van der Waals surface area (Å²) >= 11 is 0. The zero-order valence-corrected chi connectivity index (χ0v) is 10.4. The number of nitrogens with two attached hydrogens (primary N) is 1. The van der Waals surface area contributed by atoms with Crippen LogP contribution in [0.25, 0.3) is 0 Å². The monoisotopic (exact) mass is 222 g/mol. The summed E-state index contributed by atoms with van der Waals surface area (Å²) in [4.78, 5) is 2.21. The number of hydrogen-bond donors (Lipinski definition) is 1. The van der Waals surface area contributed by atoms with Crippen molar-refractivity contribution in [2.24, 2.45) is 5.73 Å². The summed E-state index contributed by atoms with van der Waals surface area (Å²) in [6, 6.07) is 0. The fraction of sp³-hybridized carbons (Fsp3) is 0.750. The van der Waals surface area contributed by atoms with Crippen LogP contribution >= 0.6 is 0 Å². The molecule has 1 aliphatic carbocycles. The van der Waals surface area contributed by atoms with Crippen LogP contribution in [-0.4, -0.2) is 35.3 Å². The third kappa shape index (κ3) is 2.28. The Labute approximate surface area is 97.4 Å². The summed E-state index contributed by atoms with van der Waals surface area (Å²) < 4.78 is 2.12. The van der Waals surface area contributed by atoms with E-state index in [0.717, 1.165) is 19.5 Å². The Hall–Kier alpha value is -0.870. The first-order valence-electron chi connectivity index (χ1n) is 6.14. The zero-order valence-electron chi connectivity index (χ0n) is 10.4. The summed E-state index contributed by atoms with van der Waals surface area (Å²) in [6.45, 7) is 2.49. The van der Waals surface area contributed by atoms with Gasteiger partial charge in [-0.3, -0.25) is 4.68 Å². The van der Waals surface area contributed by atoms with Crippen molar-refractivity contribution in [1.29, 1.82) is 0 Å². The molecule has 0 atom stereocenters. The van der Waals surface area contributed by atoms with Crippen LogP contribution in [0.4, 0.5) is 0 Å². The van der Waals surface area contributed by atoms with E-state index in [1.165, 1.54) is 36.2 Å². The molecular formula is C12H22N4. The number of aromatic nitrogens is 2. The highest BCUT2D eigenvalue weighted by atomic mass is 15.3. The van der Waals surface area contributed by atoms with E-state index in [1.807, 2.05) is 0 Å². The van der Waals surface area contributed by atoms with Crippen LogP contribution in [0.5, 0.6) is 0 Å². The van der Waals surface area contributed by atoms with Crippen LogP contribution in [0.2, 0.25) is 0 Å². The van der Waals surface area contributed by atoms with E-state index >= 15 is 0 Å². The smallest absolute Gasteiger partial charge is 0.0660 e. The van der Waals surface area contributed by atoms with Gasteiger partial charge in [-0.25, -0.2) is 0 Å². The lowest BCUT2D eigenvalue weighted by Crippen LogP contribution is -2.19. The standard InChI is InChI=1S/C12H22N4/c1-15(2)9-12-10-5-3-4-6-11(10)14-16(12)8-7-13/h3-9,13H2,1-2H3. The SMILES string of the molecule is CN(C)Cc1c2c(nn1CCN)CCCC2. The second-order valence-corrected chi connectivity index (χ2v) is 4.83. The van der Waals surface area contributed by atoms with Crippen molar-refractivity contribution in [3.8, 4) is 0 Å². The molecule has 0 radical (unpaired) electrons. The van der Waals surface area contributed by atoms with Gasteiger partial charge in [0, 0.05) is 13.1 Å². The van der Waals surface area contributed by atoms with Crippen LogP contribution < -0.4 is 5.73 Å². The van der Waals surface area contributed by atoms with Gasteiger partial charge in [0.25, 0.3) is 0 Å². The minimum absolute atomic E-state index is 0.668. The normalized spacial score (nSPS) is 15.5. The van der Waals surface area contributed by atoms with E-state index in [4.69, 9.17) is 10.8 Å². The minimum Gasteiger partial charge on any atom is -0.329 e. The van der Waals surface area contributed by atoms with E-state index in [9.17, 15) is 0 Å². The van der Waals surface area contributed by atoms with Gasteiger partial charge in [0.15, 0.2) is 0 Å². The van der Waals surface area contributed by atoms with Crippen molar-refractivity contribution in [1.82, 2.24) is 14.7 Å². The van der Waals surface area contributed by atoms with Gasteiger partial charge in [-0.2, -0.15) is 5.10 Å². The van der Waals surface area contributed by atoms with Crippen molar-refractivity contribution < 1.29 is 0 Å². The Morgan fingerprint density at radius 2 is 2.06 bits per heavy atom. The number of aryl methyl sites for hydroxylation is 1. The van der Waals surface area contributed by atoms with E-state index in [-0.39, 0.29) is 0 Å². The van der Waals surface area contributed by atoms with Gasteiger partial charge in [-0.15, -0.1) is 0 Å². The van der Waals surface area contributed by atoms with Crippen LogP contribution in [0.3, 0.4) is 0 Å². The Morgan fingerprint density at radius 3 is 2.75 bits per heavy atom. The molecule has 2 rings (SSSR count). The third-order valence-corrected chi connectivity index (χ3v) is 3.15. The molecule has 1 aromatic heterocycles. The fourth-order valence-electron chi connectivity index (χ4n) is 2.46. The van der Waals surface area contributed by atoms with E-state index in [0.29, 0.717) is 6.54 Å². The lowest BCUT2D eigenvalue weighted by atomic mass is 9.96. The highest BCUT2D eigenvalue weighted by molar-refractivity contribution is 5.28. The molecule has 1 aromatic rings. The molecule has 2 N–H and O–H groups in total. The van der Waals surface area contributed by atoms with Crippen LogP contribution in [0, 0.1) is 0 Å². The zero-order chi connectivity index (χ0) is 11.5. The van der Waals surface area contributed by atoms with Gasteiger partial charge in [-0.05, 0) is 45.3 Å². The summed E-state index contributed by atoms with van der Waals surface area (Å²) in [5.41, 5.74) is 9.83. The third-order valence-electron chi connectivity index (χ3n) is 3.15. The summed E-state index contributed by atoms with van der Waals surface area (Å²) in [5, 5.41) is 4.70. The topological polar surface area (TPSA) is 47.1 Å². The minimum atomic E-state index is 0.668. The molecular weight excluding hydrogens is 200 g/mol. The first kappa shape index (κ1) is 11.6. The van der Waals surface area contributed by atoms with Crippen LogP contribution in [0.1, 0.15) is 29.8 Å². The number of fused-ring (bicyclic) bond motifs is 1. The predicted octanol–water partition coefficient (Wildman–Crippen LogP) is 0.782. The molecule has 0 saturated carbocycles. The van der Waals surface area contributed by atoms with Crippen molar-refractivity contribution in [2.45, 2.75) is 38.8 Å². The fourth-order valence-corrected chi connectivity index (χ4v) is 2.46. The molecule has 0 spiro atoms. The highest BCUT2D eigenvalue weighted by Gasteiger charge is 2.20. The van der Waals surface area contributed by atoms with Crippen molar-refractivity contribution in [3.63, 3.8) is 0 Å². The molecule has 1 heterocycles. The molecule has 0 amide bonds. The molecule has 0 fully saturated rings. The van der Waals surface area contributed by atoms with E-state index in [2.05, 4.69) is 23.7 Å². The van der Waals surface area contributed by atoms with E-state index in [1.54, 1.807) is 0 Å². The first-order chi connectivity index (χ1) is 7.72. The highest BCUT2D eigenvalue weighted by Crippen LogP contribution is 2.24. The maximum Gasteiger partial charge on any atom is 0.0660 e. The molecule has 1 aliphatic rings. The molecule has 0 bridgehead atoms. The van der Waals surface area contributed by atoms with Gasteiger partial charge in [0.1, 0.15) is 0 Å². The Morgan fingerprint density at radius 1 is 1.31 bits per heavy atom. The largest absolute Gasteiger partial charge is 0.329 e. The number of rotatable bonds is 4. The van der Waals surface area contributed by atoms with Gasteiger partial charge in [0.2, 0.25) is 0 Å². The molecule has 16 heavy (non-hydrogen) atoms. The molecule has 0 aliphatic heterocycles. The summed E-state index contributed by atoms with van der Waals surface area (Å²) in [5.74, 6) is 0. The Bertz CT molecular complexity index is 354. The average molecular weight is 222 g/mol. The average Bonchev–Trinajstić information content (AvgIpc) is 2.57. The lowest BCUT2D eigenvalue weighted by Gasteiger charge is -2.15. The van der Waals surface area contributed by atoms with Crippen molar-refractivity contribution in [2.75, 3.05) is 20.6 Å². The second kappa shape index (κ2) is 4.97. The molecule has 0 unspecified atom stereocenters. The van der Waals surface area contributed by atoms with Crippen molar-refractivity contribution in [3.05, 3.63) is 17.0 Å². The molecule has 0 saturated heterocycles. The number of nitrogens with zero attached hydrogens (tertiary/aromatic N) is 3.